The third-order valence-electron chi connectivity index (χ3n) is 2.88. The second-order valence-electron chi connectivity index (χ2n) is 4.48. The van der Waals surface area contributed by atoms with Crippen LogP contribution in [0.5, 0.6) is 5.75 Å². The van der Waals surface area contributed by atoms with Crippen LogP contribution < -0.4 is 5.43 Å². The monoisotopic (exact) mass is 316 g/mol. The Bertz CT molecular complexity index is 508. The van der Waals surface area contributed by atoms with Crippen molar-refractivity contribution < 1.29 is 19.1 Å². The molecule has 0 amide bonds. The lowest BCUT2D eigenvalue weighted by atomic mass is 10.1. The highest BCUT2D eigenvalue weighted by Crippen LogP contribution is 2.39. The molecule has 0 bridgehead atoms. The third-order valence-corrected chi connectivity index (χ3v) is 5.88. The van der Waals surface area contributed by atoms with E-state index in [2.05, 4.69) is 0 Å². The van der Waals surface area contributed by atoms with Gasteiger partial charge in [-0.3, -0.25) is 9.59 Å². The van der Waals surface area contributed by atoms with Crippen molar-refractivity contribution in [3.05, 3.63) is 28.3 Å². The van der Waals surface area contributed by atoms with Crippen molar-refractivity contribution in [3.63, 3.8) is 0 Å². The molecule has 1 aromatic heterocycles. The molecule has 110 valence electrons. The summed E-state index contributed by atoms with van der Waals surface area (Å²) in [6.45, 7) is -0.0810. The average Bonchev–Trinajstić information content (AvgIpc) is 2.93. The standard InChI is InChI=1S/C13H16O5S2/c14-11-6-9(17-8-12(11)15)7-18-13(16)3-1-2-10-4-5-19-20-10/h6,8,10,15H,1-5,7H2. The molecule has 0 spiro atoms. The molecule has 20 heavy (non-hydrogen) atoms. The predicted molar refractivity (Wildman–Crippen MR) is 78.7 cm³/mol. The van der Waals surface area contributed by atoms with Crippen LogP contribution in [0, 0.1) is 0 Å². The van der Waals surface area contributed by atoms with Gasteiger partial charge in [-0.15, -0.1) is 0 Å². The molecule has 0 radical (unpaired) electrons. The molecule has 7 heteroatoms. The molecule has 0 aliphatic carbocycles. The lowest BCUT2D eigenvalue weighted by Crippen LogP contribution is -2.08. The fourth-order valence-electron chi connectivity index (χ4n) is 1.78. The molecule has 1 aliphatic rings. The molecular formula is C13H16O5S2. The smallest absolute Gasteiger partial charge is 0.306 e. The first-order chi connectivity index (χ1) is 9.65. The minimum atomic E-state index is -0.543. The molecule has 1 N–H and O–H groups in total. The number of hydrogen-bond acceptors (Lipinski definition) is 7. The van der Waals surface area contributed by atoms with Gasteiger partial charge in [0.2, 0.25) is 5.43 Å². The van der Waals surface area contributed by atoms with Crippen LogP contribution in [-0.4, -0.2) is 22.1 Å². The number of esters is 1. The Morgan fingerprint density at radius 3 is 3.10 bits per heavy atom. The maximum Gasteiger partial charge on any atom is 0.306 e. The Hall–Kier alpha value is -1.08. The summed E-state index contributed by atoms with van der Waals surface area (Å²) >= 11 is 0. The van der Waals surface area contributed by atoms with Gasteiger partial charge in [-0.2, -0.15) is 0 Å². The van der Waals surface area contributed by atoms with Crippen molar-refractivity contribution in [3.8, 4) is 5.75 Å². The molecule has 1 unspecified atom stereocenters. The molecule has 1 saturated heterocycles. The molecule has 2 heterocycles. The van der Waals surface area contributed by atoms with Crippen LogP contribution in [0.15, 0.2) is 21.5 Å². The molecule has 0 saturated carbocycles. The average molecular weight is 316 g/mol. The number of carbonyl (C=O) groups is 1. The SMILES string of the molecule is O=C(CCCC1CCSS1)OCc1cc(=O)c(O)co1. The van der Waals surface area contributed by atoms with Gasteiger partial charge in [-0.05, 0) is 19.3 Å². The summed E-state index contributed by atoms with van der Waals surface area (Å²) in [4.78, 5) is 22.7. The minimum Gasteiger partial charge on any atom is -0.502 e. The van der Waals surface area contributed by atoms with E-state index in [1.54, 1.807) is 0 Å². The van der Waals surface area contributed by atoms with Crippen LogP contribution in [0.1, 0.15) is 31.4 Å². The maximum absolute atomic E-state index is 11.5. The fraction of sp³-hybridized carbons (Fsp3) is 0.538. The van der Waals surface area contributed by atoms with Crippen molar-refractivity contribution in [2.24, 2.45) is 0 Å². The molecule has 5 nitrogen and oxygen atoms in total. The highest BCUT2D eigenvalue weighted by Gasteiger charge is 2.16. The van der Waals surface area contributed by atoms with Gasteiger partial charge in [0, 0.05) is 23.5 Å². The van der Waals surface area contributed by atoms with Crippen molar-refractivity contribution >= 4 is 27.6 Å². The van der Waals surface area contributed by atoms with E-state index < -0.39 is 11.2 Å². The van der Waals surface area contributed by atoms with Gasteiger partial charge >= 0.3 is 5.97 Å². The second-order valence-corrected chi connectivity index (χ2v) is 7.27. The van der Waals surface area contributed by atoms with E-state index in [0.717, 1.165) is 25.2 Å². The summed E-state index contributed by atoms with van der Waals surface area (Å²) in [7, 11) is 3.79. The summed E-state index contributed by atoms with van der Waals surface area (Å²) < 4.78 is 9.96. The summed E-state index contributed by atoms with van der Waals surface area (Å²) in [5, 5.41) is 9.68. The number of ether oxygens (including phenoxy) is 1. The summed E-state index contributed by atoms with van der Waals surface area (Å²) in [5.74, 6) is 0.673. The van der Waals surface area contributed by atoms with Gasteiger partial charge in [0.15, 0.2) is 5.75 Å². The molecule has 1 fully saturated rings. The minimum absolute atomic E-state index is 0.0810. The summed E-state index contributed by atoms with van der Waals surface area (Å²) in [6.07, 6.45) is 4.38. The van der Waals surface area contributed by atoms with Crippen LogP contribution in [0.3, 0.4) is 0 Å². The molecular weight excluding hydrogens is 300 g/mol. The zero-order valence-electron chi connectivity index (χ0n) is 10.9. The normalized spacial score (nSPS) is 18.1. The van der Waals surface area contributed by atoms with Crippen molar-refractivity contribution in [1.29, 1.82) is 0 Å². The highest BCUT2D eigenvalue weighted by molar-refractivity contribution is 8.77. The zero-order valence-corrected chi connectivity index (χ0v) is 12.5. The van der Waals surface area contributed by atoms with E-state index in [4.69, 9.17) is 14.3 Å². The molecule has 2 rings (SSSR count). The second kappa shape index (κ2) is 7.64. The Morgan fingerprint density at radius 1 is 1.55 bits per heavy atom. The van der Waals surface area contributed by atoms with Crippen LogP contribution in [-0.2, 0) is 16.1 Å². The highest BCUT2D eigenvalue weighted by atomic mass is 33.1. The number of aromatic hydroxyl groups is 1. The first kappa shape index (κ1) is 15.3. The van der Waals surface area contributed by atoms with Gasteiger partial charge < -0.3 is 14.3 Å². The van der Waals surface area contributed by atoms with E-state index in [1.807, 2.05) is 21.6 Å². The third kappa shape index (κ3) is 4.79. The van der Waals surface area contributed by atoms with Crippen molar-refractivity contribution in [1.82, 2.24) is 0 Å². The van der Waals surface area contributed by atoms with Gasteiger partial charge in [0.1, 0.15) is 18.6 Å². The lowest BCUT2D eigenvalue weighted by Gasteiger charge is -2.07. The van der Waals surface area contributed by atoms with Gasteiger partial charge in [-0.1, -0.05) is 21.6 Å². The number of rotatable bonds is 6. The number of carbonyl (C=O) groups excluding carboxylic acids is 1. The molecule has 1 aliphatic heterocycles. The Labute approximate surface area is 124 Å². The van der Waals surface area contributed by atoms with Gasteiger partial charge in [0.05, 0.1) is 0 Å². The molecule has 0 aromatic carbocycles. The molecule has 1 atom stereocenters. The first-order valence-electron chi connectivity index (χ1n) is 6.40. The Balaban J connectivity index is 1.66. The van der Waals surface area contributed by atoms with E-state index in [1.165, 1.54) is 12.2 Å². The largest absolute Gasteiger partial charge is 0.502 e. The van der Waals surface area contributed by atoms with Crippen molar-refractivity contribution in [2.45, 2.75) is 37.5 Å². The predicted octanol–water partition coefficient (Wildman–Crippen LogP) is 2.71. The van der Waals surface area contributed by atoms with E-state index in [0.29, 0.717) is 11.7 Å². The van der Waals surface area contributed by atoms with Crippen molar-refractivity contribution in [2.75, 3.05) is 5.75 Å². The van der Waals surface area contributed by atoms with Gasteiger partial charge in [-0.25, -0.2) is 0 Å². The Morgan fingerprint density at radius 2 is 2.40 bits per heavy atom. The van der Waals surface area contributed by atoms with Crippen LogP contribution in [0.2, 0.25) is 0 Å². The zero-order chi connectivity index (χ0) is 14.4. The van der Waals surface area contributed by atoms with E-state index >= 15 is 0 Å². The fourth-order valence-corrected chi connectivity index (χ4v) is 4.81. The topological polar surface area (TPSA) is 76.7 Å². The summed E-state index contributed by atoms with van der Waals surface area (Å²) in [5.41, 5.74) is -0.543. The van der Waals surface area contributed by atoms with Crippen LogP contribution >= 0.6 is 21.6 Å². The quantitative estimate of drug-likeness (QED) is 0.638. The lowest BCUT2D eigenvalue weighted by molar-refractivity contribution is -0.145. The maximum atomic E-state index is 11.5. The summed E-state index contributed by atoms with van der Waals surface area (Å²) in [6, 6.07) is 1.12. The Kier molecular flexibility index (Phi) is 5.85. The van der Waals surface area contributed by atoms with Crippen LogP contribution in [0.4, 0.5) is 0 Å². The van der Waals surface area contributed by atoms with Crippen LogP contribution in [0.25, 0.3) is 0 Å². The van der Waals surface area contributed by atoms with E-state index in [-0.39, 0.29) is 18.3 Å². The van der Waals surface area contributed by atoms with Gasteiger partial charge in [0.25, 0.3) is 0 Å². The number of hydrogen-bond donors (Lipinski definition) is 1. The molecule has 1 aromatic rings. The van der Waals surface area contributed by atoms with E-state index in [9.17, 15) is 9.59 Å². The first-order valence-corrected chi connectivity index (χ1v) is 8.78.